The quantitative estimate of drug-likeness (QED) is 0.262. The Kier molecular flexibility index (Phi) is 10.8. The summed E-state index contributed by atoms with van der Waals surface area (Å²) in [5.41, 5.74) is 4.27. The van der Waals surface area contributed by atoms with Crippen molar-refractivity contribution in [1.82, 2.24) is 0 Å². The van der Waals surface area contributed by atoms with Gasteiger partial charge in [0.05, 0.1) is 27.4 Å². The molecule has 0 aliphatic heterocycles. The van der Waals surface area contributed by atoms with Crippen LogP contribution < -0.4 is 14.2 Å². The van der Waals surface area contributed by atoms with Crippen LogP contribution in [0.2, 0.25) is 0 Å². The zero-order chi connectivity index (χ0) is 26.6. The third kappa shape index (κ3) is 8.25. The molecule has 6 heteroatoms. The minimum absolute atomic E-state index is 0.0237. The largest absolute Gasteiger partial charge is 0.493 e. The lowest BCUT2D eigenvalue weighted by molar-refractivity contribution is -0.137. The number of ether oxygens (including phenoxy) is 3. The molecule has 3 rings (SSSR count). The molecule has 0 fully saturated rings. The first kappa shape index (κ1) is 28.1. The Hall–Kier alpha value is -3.51. The van der Waals surface area contributed by atoms with Crippen LogP contribution >= 0.6 is 0 Å². The number of carbonyl (C=O) groups is 1. The van der Waals surface area contributed by atoms with Gasteiger partial charge in [0, 0.05) is 6.42 Å². The normalized spacial score (nSPS) is 12.5. The molecular formula is C31H38O6. The van der Waals surface area contributed by atoms with E-state index in [-0.39, 0.29) is 12.3 Å². The van der Waals surface area contributed by atoms with E-state index in [1.54, 1.807) is 21.3 Å². The average Bonchev–Trinajstić information content (AvgIpc) is 2.92. The number of aryl methyl sites for hydroxylation is 2. The monoisotopic (exact) mass is 506 g/mol. The van der Waals surface area contributed by atoms with Crippen molar-refractivity contribution in [2.75, 3.05) is 21.3 Å². The number of aliphatic carboxylic acids is 1. The molecular weight excluding hydrogens is 468 g/mol. The Balaban J connectivity index is 1.79. The van der Waals surface area contributed by atoms with Crippen LogP contribution in [0.3, 0.4) is 0 Å². The molecule has 0 amide bonds. The van der Waals surface area contributed by atoms with Crippen molar-refractivity contribution >= 4 is 5.97 Å². The van der Waals surface area contributed by atoms with Crippen LogP contribution in [0.15, 0.2) is 66.7 Å². The Bertz CT molecular complexity index is 1090. The number of carboxylic acids is 1. The molecule has 0 saturated heterocycles. The summed E-state index contributed by atoms with van der Waals surface area (Å²) >= 11 is 0. The third-order valence-corrected chi connectivity index (χ3v) is 6.74. The summed E-state index contributed by atoms with van der Waals surface area (Å²) in [6.45, 7) is 0. The van der Waals surface area contributed by atoms with Gasteiger partial charge in [0.2, 0.25) is 5.75 Å². The lowest BCUT2D eigenvalue weighted by atomic mass is 9.85. The molecule has 3 aromatic carbocycles. The summed E-state index contributed by atoms with van der Waals surface area (Å²) in [7, 11) is 4.71. The second kappa shape index (κ2) is 14.3. The van der Waals surface area contributed by atoms with Crippen molar-refractivity contribution in [3.05, 3.63) is 89.0 Å². The minimum Gasteiger partial charge on any atom is -0.493 e. The molecule has 0 heterocycles. The van der Waals surface area contributed by atoms with Crippen LogP contribution in [0.5, 0.6) is 17.2 Å². The Labute approximate surface area is 219 Å². The molecule has 3 aromatic rings. The molecule has 198 valence electrons. The van der Waals surface area contributed by atoms with Gasteiger partial charge in [-0.3, -0.25) is 4.79 Å². The lowest BCUT2D eigenvalue weighted by Crippen LogP contribution is -2.16. The Morgan fingerprint density at radius 3 is 1.92 bits per heavy atom. The predicted octanol–water partition coefficient (Wildman–Crippen LogP) is 6.03. The molecule has 0 aromatic heterocycles. The zero-order valence-corrected chi connectivity index (χ0v) is 22.0. The maximum absolute atomic E-state index is 11.6. The van der Waals surface area contributed by atoms with Crippen LogP contribution in [-0.4, -0.2) is 37.5 Å². The van der Waals surface area contributed by atoms with Gasteiger partial charge in [0.25, 0.3) is 0 Å². The number of methoxy groups -OCH3 is 3. The second-order valence-electron chi connectivity index (χ2n) is 9.31. The Morgan fingerprint density at radius 2 is 1.35 bits per heavy atom. The first-order valence-electron chi connectivity index (χ1n) is 12.8. The van der Waals surface area contributed by atoms with Crippen molar-refractivity contribution in [2.24, 2.45) is 5.92 Å². The van der Waals surface area contributed by atoms with E-state index in [0.29, 0.717) is 30.1 Å². The number of hydrogen-bond acceptors (Lipinski definition) is 5. The molecule has 1 unspecified atom stereocenters. The van der Waals surface area contributed by atoms with Crippen LogP contribution in [0.4, 0.5) is 0 Å². The number of benzene rings is 3. The molecule has 0 spiro atoms. The van der Waals surface area contributed by atoms with Gasteiger partial charge in [0.1, 0.15) is 0 Å². The van der Waals surface area contributed by atoms with Crippen molar-refractivity contribution in [1.29, 1.82) is 0 Å². The van der Waals surface area contributed by atoms with Gasteiger partial charge >= 0.3 is 5.97 Å². The SMILES string of the molecule is COc1cc(C(O)[C@H](CCCc2ccccc2)Cc2ccc(CCCC(=O)O)cc2)cc(OC)c1OC. The van der Waals surface area contributed by atoms with Crippen molar-refractivity contribution in [3.8, 4) is 17.2 Å². The van der Waals surface area contributed by atoms with Gasteiger partial charge in [-0.25, -0.2) is 0 Å². The predicted molar refractivity (Wildman–Crippen MR) is 145 cm³/mol. The standard InChI is InChI=1S/C31H38O6/c1-35-27-20-26(21-28(36-2)31(27)37-3)30(34)25(13-7-11-22-9-5-4-6-10-22)19-24-17-15-23(16-18-24)12-8-14-29(32)33/h4-6,9-10,15-18,20-21,25,30,34H,7-8,11-14,19H2,1-3H3,(H,32,33)/t25-,30?/m1/s1. The number of aliphatic hydroxyl groups is 1. The van der Waals surface area contributed by atoms with E-state index >= 15 is 0 Å². The fraction of sp³-hybridized carbons (Fsp3) is 0.387. The maximum Gasteiger partial charge on any atom is 0.303 e. The van der Waals surface area contributed by atoms with E-state index < -0.39 is 12.1 Å². The summed E-state index contributed by atoms with van der Waals surface area (Å²) in [5, 5.41) is 20.4. The van der Waals surface area contributed by atoms with Crippen LogP contribution in [0, 0.1) is 5.92 Å². The summed E-state index contributed by atoms with van der Waals surface area (Å²) in [6.07, 6.45) is 4.25. The van der Waals surface area contributed by atoms with Gasteiger partial charge in [-0.15, -0.1) is 0 Å². The molecule has 6 nitrogen and oxygen atoms in total. The van der Waals surface area contributed by atoms with Gasteiger partial charge in [-0.1, -0.05) is 54.6 Å². The summed E-state index contributed by atoms with van der Waals surface area (Å²) in [4.78, 5) is 10.8. The lowest BCUT2D eigenvalue weighted by Gasteiger charge is -2.25. The highest BCUT2D eigenvalue weighted by atomic mass is 16.5. The van der Waals surface area contributed by atoms with E-state index in [2.05, 4.69) is 48.5 Å². The molecule has 0 aliphatic carbocycles. The van der Waals surface area contributed by atoms with Crippen LogP contribution in [-0.2, 0) is 24.1 Å². The van der Waals surface area contributed by atoms with E-state index in [0.717, 1.165) is 42.4 Å². The summed E-state index contributed by atoms with van der Waals surface area (Å²) < 4.78 is 16.5. The number of carboxylic acid groups (broad SMARTS) is 1. The van der Waals surface area contributed by atoms with Gasteiger partial charge in [-0.05, 0) is 78.8 Å². The molecule has 2 atom stereocenters. The number of hydrogen-bond donors (Lipinski definition) is 2. The molecule has 37 heavy (non-hydrogen) atoms. The topological polar surface area (TPSA) is 85.2 Å². The molecule has 0 bridgehead atoms. The third-order valence-electron chi connectivity index (χ3n) is 6.74. The summed E-state index contributed by atoms with van der Waals surface area (Å²) in [6, 6.07) is 22.3. The second-order valence-corrected chi connectivity index (χ2v) is 9.31. The fourth-order valence-corrected chi connectivity index (χ4v) is 4.72. The van der Waals surface area contributed by atoms with E-state index in [1.807, 2.05) is 18.2 Å². The number of aliphatic hydroxyl groups excluding tert-OH is 1. The first-order valence-corrected chi connectivity index (χ1v) is 12.8. The van der Waals surface area contributed by atoms with Gasteiger partial charge < -0.3 is 24.4 Å². The molecule has 2 N–H and O–H groups in total. The van der Waals surface area contributed by atoms with Crippen LogP contribution in [0.25, 0.3) is 0 Å². The van der Waals surface area contributed by atoms with Crippen molar-refractivity contribution in [2.45, 2.75) is 51.0 Å². The minimum atomic E-state index is -0.768. The van der Waals surface area contributed by atoms with Crippen molar-refractivity contribution < 1.29 is 29.2 Å². The summed E-state index contributed by atoms with van der Waals surface area (Å²) in [5.74, 6) is 0.745. The number of rotatable bonds is 15. The van der Waals surface area contributed by atoms with E-state index in [4.69, 9.17) is 19.3 Å². The maximum atomic E-state index is 11.6. The van der Waals surface area contributed by atoms with E-state index in [9.17, 15) is 9.90 Å². The fourth-order valence-electron chi connectivity index (χ4n) is 4.72. The highest BCUT2D eigenvalue weighted by molar-refractivity contribution is 5.66. The van der Waals surface area contributed by atoms with Crippen molar-refractivity contribution in [3.63, 3.8) is 0 Å². The molecule has 0 radical (unpaired) electrons. The van der Waals surface area contributed by atoms with E-state index in [1.165, 1.54) is 5.56 Å². The molecule has 0 aliphatic rings. The zero-order valence-electron chi connectivity index (χ0n) is 22.0. The first-order chi connectivity index (χ1) is 17.9. The van der Waals surface area contributed by atoms with Gasteiger partial charge in [-0.2, -0.15) is 0 Å². The Morgan fingerprint density at radius 1 is 0.784 bits per heavy atom. The highest BCUT2D eigenvalue weighted by Gasteiger charge is 2.25. The molecule has 0 saturated carbocycles. The van der Waals surface area contributed by atoms with Crippen LogP contribution in [0.1, 0.15) is 54.0 Å². The average molecular weight is 507 g/mol. The van der Waals surface area contributed by atoms with Gasteiger partial charge in [0.15, 0.2) is 11.5 Å². The smallest absolute Gasteiger partial charge is 0.303 e. The highest BCUT2D eigenvalue weighted by Crippen LogP contribution is 2.42.